The van der Waals surface area contributed by atoms with Crippen molar-refractivity contribution in [2.24, 2.45) is 0 Å². The third-order valence-electron chi connectivity index (χ3n) is 5.23. The van der Waals surface area contributed by atoms with Crippen LogP contribution in [0.4, 0.5) is 5.69 Å². The first kappa shape index (κ1) is 17.3. The molecule has 1 fully saturated rings. The van der Waals surface area contributed by atoms with Crippen LogP contribution in [0.15, 0.2) is 60.9 Å². The van der Waals surface area contributed by atoms with E-state index in [1.54, 1.807) is 12.4 Å². The summed E-state index contributed by atoms with van der Waals surface area (Å²) in [6.07, 6.45) is 3.51. The van der Waals surface area contributed by atoms with Gasteiger partial charge in [-0.05, 0) is 37.6 Å². The van der Waals surface area contributed by atoms with E-state index in [0.717, 1.165) is 31.0 Å². The van der Waals surface area contributed by atoms with E-state index in [2.05, 4.69) is 53.0 Å². The lowest BCUT2D eigenvalue weighted by Gasteiger charge is -2.41. The van der Waals surface area contributed by atoms with Crippen molar-refractivity contribution in [1.82, 2.24) is 14.9 Å². The van der Waals surface area contributed by atoms with Gasteiger partial charge in [-0.3, -0.25) is 4.79 Å². The molecule has 3 aromatic rings. The van der Waals surface area contributed by atoms with E-state index in [1.807, 2.05) is 29.2 Å². The number of H-pyrrole nitrogens is 1. The number of aromatic nitrogens is 2. The summed E-state index contributed by atoms with van der Waals surface area (Å²) < 4.78 is 0. The third-order valence-corrected chi connectivity index (χ3v) is 5.23. The van der Waals surface area contributed by atoms with Gasteiger partial charge < -0.3 is 14.8 Å². The molecule has 1 aliphatic heterocycles. The molecule has 1 N–H and O–H groups in total. The fourth-order valence-corrected chi connectivity index (χ4v) is 3.78. The van der Waals surface area contributed by atoms with Gasteiger partial charge in [-0.15, -0.1) is 0 Å². The summed E-state index contributed by atoms with van der Waals surface area (Å²) in [5, 5.41) is 0. The second-order valence-corrected chi connectivity index (χ2v) is 7.10. The van der Waals surface area contributed by atoms with Crippen LogP contribution in [0.1, 0.15) is 22.8 Å². The Morgan fingerprint density at radius 3 is 2.74 bits per heavy atom. The Bertz CT molecular complexity index is 935. The normalized spacial score (nSPS) is 17.2. The van der Waals surface area contributed by atoms with Gasteiger partial charge in [0.05, 0.1) is 0 Å². The standard InChI is InChI=1S/C22H24N4O/c1-16-6-3-4-9-20(16)25-12-13-26(17(2)15-25)22(27)19-8-5-7-18(14-19)21-23-10-11-24-21/h3-11,14,17H,12-13,15H2,1-2H3,(H,23,24). The van der Waals surface area contributed by atoms with Crippen LogP contribution in [-0.2, 0) is 0 Å². The van der Waals surface area contributed by atoms with Gasteiger partial charge in [0.15, 0.2) is 0 Å². The highest BCUT2D eigenvalue weighted by atomic mass is 16.2. The maximum absolute atomic E-state index is 13.1. The Kier molecular flexibility index (Phi) is 4.67. The molecule has 1 amide bonds. The highest BCUT2D eigenvalue weighted by Gasteiger charge is 2.28. The Morgan fingerprint density at radius 2 is 2.00 bits per heavy atom. The molecule has 2 aromatic carbocycles. The van der Waals surface area contributed by atoms with Crippen molar-refractivity contribution in [3.05, 3.63) is 72.1 Å². The smallest absolute Gasteiger partial charge is 0.254 e. The van der Waals surface area contributed by atoms with Crippen LogP contribution in [0.25, 0.3) is 11.4 Å². The maximum atomic E-state index is 13.1. The fraction of sp³-hybridized carbons (Fsp3) is 0.273. The molecule has 0 bridgehead atoms. The zero-order valence-corrected chi connectivity index (χ0v) is 15.7. The van der Waals surface area contributed by atoms with Gasteiger partial charge >= 0.3 is 0 Å². The predicted octanol–water partition coefficient (Wildman–Crippen LogP) is 3.74. The van der Waals surface area contributed by atoms with Gasteiger partial charge in [0, 0.05) is 54.9 Å². The lowest BCUT2D eigenvalue weighted by molar-refractivity contribution is 0.0674. The Balaban J connectivity index is 1.51. The van der Waals surface area contributed by atoms with Crippen LogP contribution >= 0.6 is 0 Å². The molecule has 0 saturated carbocycles. The third kappa shape index (κ3) is 3.45. The molecule has 5 heteroatoms. The van der Waals surface area contributed by atoms with Crippen LogP contribution in [0.5, 0.6) is 0 Å². The molecule has 0 radical (unpaired) electrons. The van der Waals surface area contributed by atoms with Crippen molar-refractivity contribution in [2.45, 2.75) is 19.9 Å². The molecule has 1 aliphatic rings. The first-order valence-electron chi connectivity index (χ1n) is 9.35. The van der Waals surface area contributed by atoms with Crippen LogP contribution in [-0.4, -0.2) is 46.5 Å². The van der Waals surface area contributed by atoms with Crippen LogP contribution in [0.2, 0.25) is 0 Å². The van der Waals surface area contributed by atoms with Crippen LogP contribution in [0, 0.1) is 6.92 Å². The summed E-state index contributed by atoms with van der Waals surface area (Å²) in [6.45, 7) is 6.67. The van der Waals surface area contributed by atoms with Gasteiger partial charge in [0.1, 0.15) is 5.82 Å². The zero-order valence-electron chi connectivity index (χ0n) is 15.7. The number of hydrogen-bond donors (Lipinski definition) is 1. The monoisotopic (exact) mass is 360 g/mol. The largest absolute Gasteiger partial charge is 0.367 e. The molecule has 138 valence electrons. The molecule has 1 unspecified atom stereocenters. The Labute approximate surface area is 159 Å². The van der Waals surface area contributed by atoms with Gasteiger partial charge in [-0.25, -0.2) is 4.98 Å². The molecule has 1 aromatic heterocycles. The Hall–Kier alpha value is -3.08. The fourth-order valence-electron chi connectivity index (χ4n) is 3.78. The van der Waals surface area contributed by atoms with E-state index in [0.29, 0.717) is 5.56 Å². The summed E-state index contributed by atoms with van der Waals surface area (Å²) >= 11 is 0. The van der Waals surface area contributed by atoms with Crippen molar-refractivity contribution in [2.75, 3.05) is 24.5 Å². The molecule has 1 atom stereocenters. The average Bonchev–Trinajstić information content (AvgIpc) is 3.23. The first-order chi connectivity index (χ1) is 13.1. The summed E-state index contributed by atoms with van der Waals surface area (Å²) in [4.78, 5) is 24.9. The van der Waals surface area contributed by atoms with E-state index >= 15 is 0 Å². The number of para-hydroxylation sites is 1. The van der Waals surface area contributed by atoms with Crippen molar-refractivity contribution < 1.29 is 4.79 Å². The number of imidazole rings is 1. The van der Waals surface area contributed by atoms with Gasteiger partial charge in [0.25, 0.3) is 5.91 Å². The van der Waals surface area contributed by atoms with Crippen LogP contribution < -0.4 is 4.90 Å². The second-order valence-electron chi connectivity index (χ2n) is 7.10. The van der Waals surface area contributed by atoms with Gasteiger partial charge in [-0.2, -0.15) is 0 Å². The quantitative estimate of drug-likeness (QED) is 0.774. The molecule has 1 saturated heterocycles. The molecular weight excluding hydrogens is 336 g/mol. The summed E-state index contributed by atoms with van der Waals surface area (Å²) in [5.74, 6) is 0.863. The molecule has 27 heavy (non-hydrogen) atoms. The molecule has 0 spiro atoms. The number of amides is 1. The van der Waals surface area contributed by atoms with Crippen molar-refractivity contribution in [3.63, 3.8) is 0 Å². The number of hydrogen-bond acceptors (Lipinski definition) is 3. The number of carbonyl (C=O) groups excluding carboxylic acids is 1. The van der Waals surface area contributed by atoms with Crippen molar-refractivity contribution in [1.29, 1.82) is 0 Å². The number of nitrogens with one attached hydrogen (secondary N) is 1. The molecular formula is C22H24N4O. The Morgan fingerprint density at radius 1 is 1.15 bits per heavy atom. The summed E-state index contributed by atoms with van der Waals surface area (Å²) in [6, 6.07) is 16.3. The van der Waals surface area contributed by atoms with Crippen molar-refractivity contribution in [3.8, 4) is 11.4 Å². The first-order valence-corrected chi connectivity index (χ1v) is 9.35. The number of benzene rings is 2. The minimum absolute atomic E-state index is 0.0836. The number of nitrogens with zero attached hydrogens (tertiary/aromatic N) is 3. The van der Waals surface area contributed by atoms with E-state index in [9.17, 15) is 4.79 Å². The van der Waals surface area contributed by atoms with Gasteiger partial charge in [0.2, 0.25) is 0 Å². The van der Waals surface area contributed by atoms with Gasteiger partial charge in [-0.1, -0.05) is 30.3 Å². The number of rotatable bonds is 3. The predicted molar refractivity (Wildman–Crippen MR) is 108 cm³/mol. The maximum Gasteiger partial charge on any atom is 0.254 e. The summed E-state index contributed by atoms with van der Waals surface area (Å²) in [7, 11) is 0. The molecule has 2 heterocycles. The minimum Gasteiger partial charge on any atom is -0.367 e. The molecule has 5 nitrogen and oxygen atoms in total. The second kappa shape index (κ2) is 7.27. The number of carbonyl (C=O) groups is 1. The molecule has 0 aliphatic carbocycles. The number of aromatic amines is 1. The lowest BCUT2D eigenvalue weighted by atomic mass is 10.1. The minimum atomic E-state index is 0.0836. The average molecular weight is 360 g/mol. The summed E-state index contributed by atoms with van der Waals surface area (Å²) in [5.41, 5.74) is 4.17. The van der Waals surface area contributed by atoms with E-state index in [4.69, 9.17) is 0 Å². The van der Waals surface area contributed by atoms with E-state index in [1.165, 1.54) is 11.3 Å². The number of piperazine rings is 1. The SMILES string of the molecule is Cc1ccccc1N1CCN(C(=O)c2cccc(-c3ncc[nH]3)c2)C(C)C1. The molecule has 4 rings (SSSR count). The van der Waals surface area contributed by atoms with Crippen molar-refractivity contribution >= 4 is 11.6 Å². The number of anilines is 1. The number of aryl methyl sites for hydroxylation is 1. The van der Waals surface area contributed by atoms with Crippen LogP contribution in [0.3, 0.4) is 0 Å². The highest BCUT2D eigenvalue weighted by molar-refractivity contribution is 5.95. The lowest BCUT2D eigenvalue weighted by Crippen LogP contribution is -2.54. The van der Waals surface area contributed by atoms with E-state index in [-0.39, 0.29) is 11.9 Å². The zero-order chi connectivity index (χ0) is 18.8. The highest BCUT2D eigenvalue weighted by Crippen LogP contribution is 2.24. The topological polar surface area (TPSA) is 52.2 Å². The van der Waals surface area contributed by atoms with E-state index < -0.39 is 0 Å².